The van der Waals surface area contributed by atoms with E-state index in [1.54, 1.807) is 6.20 Å². The summed E-state index contributed by atoms with van der Waals surface area (Å²) in [4.78, 5) is 9.52. The van der Waals surface area contributed by atoms with E-state index in [1.807, 2.05) is 66.7 Å². The maximum absolute atomic E-state index is 6.34. The Morgan fingerprint density at radius 3 is 2.25 bits per heavy atom. The van der Waals surface area contributed by atoms with Crippen molar-refractivity contribution < 1.29 is 4.74 Å². The van der Waals surface area contributed by atoms with Crippen LogP contribution in [0.1, 0.15) is 0 Å². The molecule has 0 aliphatic carbocycles. The Morgan fingerprint density at radius 1 is 0.556 bits per heavy atom. The van der Waals surface area contributed by atoms with Crippen LogP contribution in [0.3, 0.4) is 0 Å². The van der Waals surface area contributed by atoms with Crippen LogP contribution >= 0.6 is 0 Å². The van der Waals surface area contributed by atoms with E-state index in [2.05, 4.69) is 64.1 Å². The highest BCUT2D eigenvalue weighted by molar-refractivity contribution is 6.12. The summed E-state index contributed by atoms with van der Waals surface area (Å²) in [6.07, 6.45) is 3.92. The van der Waals surface area contributed by atoms with Crippen LogP contribution in [0, 0.1) is 0 Å². The molecule has 4 aromatic carbocycles. The Hall–Kier alpha value is -4.96. The number of hydrogen-bond donors (Lipinski definition) is 0. The van der Waals surface area contributed by atoms with E-state index in [0.717, 1.165) is 56.0 Å². The van der Waals surface area contributed by atoms with Crippen molar-refractivity contribution in [2.24, 2.45) is 0 Å². The minimum atomic E-state index is 0.766. The van der Waals surface area contributed by atoms with Crippen molar-refractivity contribution >= 4 is 27.3 Å². The predicted molar refractivity (Wildman–Crippen MR) is 145 cm³/mol. The van der Waals surface area contributed by atoms with Gasteiger partial charge in [-0.15, -0.1) is 0 Å². The Bertz CT molecular complexity index is 1860. The molecule has 0 saturated heterocycles. The fraction of sp³-hybridized carbons (Fsp3) is 0. The van der Waals surface area contributed by atoms with Gasteiger partial charge in [-0.1, -0.05) is 66.7 Å². The van der Waals surface area contributed by atoms with Gasteiger partial charge in [-0.3, -0.25) is 9.38 Å². The number of fused-ring (bicyclic) bond motifs is 6. The largest absolute Gasteiger partial charge is 0.457 e. The molecule has 4 nitrogen and oxygen atoms in total. The zero-order chi connectivity index (χ0) is 23.9. The Kier molecular flexibility index (Phi) is 4.74. The van der Waals surface area contributed by atoms with Gasteiger partial charge in [-0.05, 0) is 53.9 Å². The van der Waals surface area contributed by atoms with Gasteiger partial charge in [0.25, 0.3) is 0 Å². The number of para-hydroxylation sites is 1. The topological polar surface area (TPSA) is 39.4 Å². The van der Waals surface area contributed by atoms with Crippen LogP contribution in [0.15, 0.2) is 128 Å². The standard InChI is InChI=1S/C32H21N3O/c1-2-9-22(10-3-1)30-21-35-31-15-5-4-13-27(31)26-17-16-25(20-28(26)32(35)34-30)36-24-12-8-11-23(19-24)29-14-6-7-18-33-29/h1-21H. The average molecular weight is 464 g/mol. The molecule has 0 aliphatic rings. The third-order valence-corrected chi connectivity index (χ3v) is 6.49. The summed E-state index contributed by atoms with van der Waals surface area (Å²) in [5, 5.41) is 3.38. The van der Waals surface area contributed by atoms with Crippen LogP contribution < -0.4 is 4.74 Å². The maximum atomic E-state index is 6.34. The lowest BCUT2D eigenvalue weighted by atomic mass is 10.1. The van der Waals surface area contributed by atoms with Gasteiger partial charge in [0.1, 0.15) is 17.1 Å². The summed E-state index contributed by atoms with van der Waals surface area (Å²) < 4.78 is 8.52. The fourth-order valence-corrected chi connectivity index (χ4v) is 4.81. The highest BCUT2D eigenvalue weighted by atomic mass is 16.5. The summed E-state index contributed by atoms with van der Waals surface area (Å²) in [5.74, 6) is 1.53. The number of imidazole rings is 1. The highest BCUT2D eigenvalue weighted by Crippen LogP contribution is 2.35. The first-order chi connectivity index (χ1) is 17.8. The molecule has 0 amide bonds. The SMILES string of the molecule is c1ccc(-c2cn3c4ccccc4c4ccc(Oc5cccc(-c6ccccn6)c5)cc4c3n2)cc1. The van der Waals surface area contributed by atoms with Crippen molar-refractivity contribution in [3.63, 3.8) is 0 Å². The van der Waals surface area contributed by atoms with Gasteiger partial charge in [0.2, 0.25) is 0 Å². The summed E-state index contributed by atoms with van der Waals surface area (Å²) in [6, 6.07) is 38.9. The third kappa shape index (κ3) is 3.48. The molecule has 0 radical (unpaired) electrons. The molecular weight excluding hydrogens is 442 g/mol. The Morgan fingerprint density at radius 2 is 1.36 bits per heavy atom. The normalized spacial score (nSPS) is 11.3. The first-order valence-electron chi connectivity index (χ1n) is 11.9. The van der Waals surface area contributed by atoms with E-state index < -0.39 is 0 Å². The number of pyridine rings is 2. The fourth-order valence-electron chi connectivity index (χ4n) is 4.81. The van der Waals surface area contributed by atoms with Crippen LogP contribution in [0.5, 0.6) is 11.5 Å². The molecule has 0 spiro atoms. The quantitative estimate of drug-likeness (QED) is 0.247. The van der Waals surface area contributed by atoms with Gasteiger partial charge < -0.3 is 4.74 Å². The van der Waals surface area contributed by atoms with Crippen LogP contribution in [0.25, 0.3) is 49.8 Å². The summed E-state index contributed by atoms with van der Waals surface area (Å²) in [7, 11) is 0. The van der Waals surface area contributed by atoms with Gasteiger partial charge >= 0.3 is 0 Å². The van der Waals surface area contributed by atoms with E-state index in [4.69, 9.17) is 9.72 Å². The van der Waals surface area contributed by atoms with E-state index in [1.165, 1.54) is 5.39 Å². The van der Waals surface area contributed by atoms with Crippen molar-refractivity contribution in [2.45, 2.75) is 0 Å². The summed E-state index contributed by atoms with van der Waals surface area (Å²) in [6.45, 7) is 0. The molecule has 4 heteroatoms. The lowest BCUT2D eigenvalue weighted by Gasteiger charge is -2.11. The van der Waals surface area contributed by atoms with E-state index in [9.17, 15) is 0 Å². The van der Waals surface area contributed by atoms with Gasteiger partial charge in [0, 0.05) is 34.3 Å². The minimum Gasteiger partial charge on any atom is -0.457 e. The minimum absolute atomic E-state index is 0.766. The lowest BCUT2D eigenvalue weighted by Crippen LogP contribution is -1.91. The number of aromatic nitrogens is 3. The van der Waals surface area contributed by atoms with Crippen LogP contribution in [-0.4, -0.2) is 14.4 Å². The molecule has 0 bridgehead atoms. The average Bonchev–Trinajstić information content (AvgIpc) is 3.41. The van der Waals surface area contributed by atoms with Crippen molar-refractivity contribution in [3.05, 3.63) is 128 Å². The van der Waals surface area contributed by atoms with Crippen molar-refractivity contribution in [2.75, 3.05) is 0 Å². The summed E-state index contributed by atoms with van der Waals surface area (Å²) >= 11 is 0. The van der Waals surface area contributed by atoms with Crippen molar-refractivity contribution in [1.29, 1.82) is 0 Å². The molecule has 3 heterocycles. The van der Waals surface area contributed by atoms with Gasteiger partial charge in [-0.2, -0.15) is 0 Å². The summed E-state index contributed by atoms with van der Waals surface area (Å²) in [5.41, 5.74) is 6.02. The van der Waals surface area contributed by atoms with Gasteiger partial charge in [-0.25, -0.2) is 4.98 Å². The Balaban J connectivity index is 1.38. The molecular formula is C32H21N3O. The smallest absolute Gasteiger partial charge is 0.146 e. The molecule has 0 N–H and O–H groups in total. The van der Waals surface area contributed by atoms with E-state index in [-0.39, 0.29) is 0 Å². The number of ether oxygens (including phenoxy) is 1. The monoisotopic (exact) mass is 463 g/mol. The zero-order valence-corrected chi connectivity index (χ0v) is 19.4. The van der Waals surface area contributed by atoms with E-state index >= 15 is 0 Å². The molecule has 0 saturated carbocycles. The highest BCUT2D eigenvalue weighted by Gasteiger charge is 2.14. The van der Waals surface area contributed by atoms with Crippen LogP contribution in [0.4, 0.5) is 0 Å². The second-order valence-electron chi connectivity index (χ2n) is 8.76. The molecule has 3 aromatic heterocycles. The first-order valence-corrected chi connectivity index (χ1v) is 11.9. The number of rotatable bonds is 4. The number of benzene rings is 4. The number of hydrogen-bond acceptors (Lipinski definition) is 3. The molecule has 36 heavy (non-hydrogen) atoms. The van der Waals surface area contributed by atoms with Gasteiger partial charge in [0.05, 0.1) is 16.9 Å². The number of nitrogens with zero attached hydrogens (tertiary/aromatic N) is 3. The van der Waals surface area contributed by atoms with Crippen LogP contribution in [0.2, 0.25) is 0 Å². The van der Waals surface area contributed by atoms with Crippen LogP contribution in [-0.2, 0) is 0 Å². The molecule has 0 unspecified atom stereocenters. The first kappa shape index (κ1) is 20.4. The molecule has 0 fully saturated rings. The molecule has 0 aliphatic heterocycles. The Labute approximate surface area is 208 Å². The van der Waals surface area contributed by atoms with Crippen molar-refractivity contribution in [3.8, 4) is 34.0 Å². The lowest BCUT2D eigenvalue weighted by molar-refractivity contribution is 0.483. The zero-order valence-electron chi connectivity index (χ0n) is 19.4. The van der Waals surface area contributed by atoms with Crippen molar-refractivity contribution in [1.82, 2.24) is 14.4 Å². The molecule has 0 atom stereocenters. The second-order valence-corrected chi connectivity index (χ2v) is 8.76. The van der Waals surface area contributed by atoms with E-state index in [0.29, 0.717) is 0 Å². The predicted octanol–water partition coefficient (Wildman–Crippen LogP) is 8.16. The van der Waals surface area contributed by atoms with Gasteiger partial charge in [0.15, 0.2) is 0 Å². The molecule has 7 rings (SSSR count). The molecule has 7 aromatic rings. The molecule has 170 valence electrons. The second kappa shape index (κ2) is 8.36. The third-order valence-electron chi connectivity index (χ3n) is 6.49. The maximum Gasteiger partial charge on any atom is 0.146 e.